The van der Waals surface area contributed by atoms with Gasteiger partial charge in [-0.2, -0.15) is 0 Å². The number of halogens is 1. The quantitative estimate of drug-likeness (QED) is 0.767. The summed E-state index contributed by atoms with van der Waals surface area (Å²) >= 11 is 3.42. The zero-order chi connectivity index (χ0) is 15.0. The predicted octanol–water partition coefficient (Wildman–Crippen LogP) is 4.03. The molecular weight excluding hydrogens is 330 g/mol. The molecule has 21 heavy (non-hydrogen) atoms. The topological polar surface area (TPSA) is 33.5 Å². The van der Waals surface area contributed by atoms with Crippen molar-refractivity contribution in [1.29, 1.82) is 0 Å². The molecule has 112 valence electrons. The molecular formula is C17H20BrNO2. The second-order valence-electron chi connectivity index (χ2n) is 6.37. The molecule has 0 aliphatic carbocycles. The third-order valence-electron chi connectivity index (χ3n) is 4.13. The molecule has 3 rings (SSSR count). The molecule has 1 fully saturated rings. The summed E-state index contributed by atoms with van der Waals surface area (Å²) in [5.41, 5.74) is 1.45. The number of likely N-dealkylation sites (tertiary alicyclic amines) is 1. The zero-order valence-electron chi connectivity index (χ0n) is 12.4. The normalized spacial score (nSPS) is 23.6. The van der Waals surface area contributed by atoms with Gasteiger partial charge in [-0.05, 0) is 42.0 Å². The van der Waals surface area contributed by atoms with Gasteiger partial charge in [-0.1, -0.05) is 29.8 Å². The number of hydrogen-bond acceptors (Lipinski definition) is 3. The molecule has 0 saturated carbocycles. The van der Waals surface area contributed by atoms with Crippen LogP contribution in [0.15, 0.2) is 37.9 Å². The lowest BCUT2D eigenvalue weighted by atomic mass is 9.91. The van der Waals surface area contributed by atoms with Gasteiger partial charge in [-0.3, -0.25) is 4.90 Å². The van der Waals surface area contributed by atoms with Gasteiger partial charge in [0.1, 0.15) is 5.58 Å². The maximum Gasteiger partial charge on any atom is 0.336 e. The molecule has 1 saturated heterocycles. The van der Waals surface area contributed by atoms with Crippen molar-refractivity contribution in [1.82, 2.24) is 4.90 Å². The monoisotopic (exact) mass is 349 g/mol. The van der Waals surface area contributed by atoms with Crippen LogP contribution < -0.4 is 5.63 Å². The fourth-order valence-electron chi connectivity index (χ4n) is 3.50. The molecule has 0 spiro atoms. The second-order valence-corrected chi connectivity index (χ2v) is 7.29. The van der Waals surface area contributed by atoms with Gasteiger partial charge in [0, 0.05) is 35.6 Å². The van der Waals surface area contributed by atoms with Crippen LogP contribution in [0.5, 0.6) is 0 Å². The van der Waals surface area contributed by atoms with Crippen LogP contribution in [-0.2, 0) is 6.54 Å². The molecule has 0 radical (unpaired) electrons. The minimum Gasteiger partial charge on any atom is -0.423 e. The largest absolute Gasteiger partial charge is 0.423 e. The molecule has 2 aromatic rings. The van der Waals surface area contributed by atoms with E-state index >= 15 is 0 Å². The highest BCUT2D eigenvalue weighted by Gasteiger charge is 2.22. The first-order valence-corrected chi connectivity index (χ1v) is 8.25. The van der Waals surface area contributed by atoms with Gasteiger partial charge in [0.25, 0.3) is 0 Å². The van der Waals surface area contributed by atoms with Gasteiger partial charge in [0.05, 0.1) is 0 Å². The SMILES string of the molecule is CC1CC(C)CN(Cc2cc(=O)oc3cc(Br)ccc23)C1. The van der Waals surface area contributed by atoms with Crippen LogP contribution in [0.2, 0.25) is 0 Å². The molecule has 1 aromatic heterocycles. The average Bonchev–Trinajstić information content (AvgIpc) is 2.36. The lowest BCUT2D eigenvalue weighted by Gasteiger charge is -2.35. The van der Waals surface area contributed by atoms with Crippen molar-refractivity contribution in [3.05, 3.63) is 44.7 Å². The summed E-state index contributed by atoms with van der Waals surface area (Å²) in [4.78, 5) is 14.2. The Hall–Kier alpha value is -1.13. The maximum absolute atomic E-state index is 11.8. The number of rotatable bonds is 2. The first kappa shape index (κ1) is 14.8. The van der Waals surface area contributed by atoms with Crippen molar-refractivity contribution >= 4 is 26.9 Å². The first-order chi connectivity index (χ1) is 10.0. The fourth-order valence-corrected chi connectivity index (χ4v) is 3.84. The van der Waals surface area contributed by atoms with E-state index in [9.17, 15) is 4.79 Å². The van der Waals surface area contributed by atoms with E-state index in [4.69, 9.17) is 4.42 Å². The van der Waals surface area contributed by atoms with Gasteiger partial charge in [-0.25, -0.2) is 4.79 Å². The molecule has 1 aromatic carbocycles. The third-order valence-corrected chi connectivity index (χ3v) is 4.62. The van der Waals surface area contributed by atoms with Crippen LogP contribution in [0.1, 0.15) is 25.8 Å². The number of fused-ring (bicyclic) bond motifs is 1. The van der Waals surface area contributed by atoms with E-state index in [1.54, 1.807) is 6.07 Å². The minimum atomic E-state index is -0.270. The highest BCUT2D eigenvalue weighted by Crippen LogP contribution is 2.26. The van der Waals surface area contributed by atoms with Crippen molar-refractivity contribution in [2.45, 2.75) is 26.8 Å². The summed E-state index contributed by atoms with van der Waals surface area (Å²) in [6, 6.07) is 7.52. The molecule has 0 N–H and O–H groups in total. The van der Waals surface area contributed by atoms with Gasteiger partial charge in [0.2, 0.25) is 0 Å². The Morgan fingerprint density at radius 3 is 2.67 bits per heavy atom. The lowest BCUT2D eigenvalue weighted by Crippen LogP contribution is -2.38. The molecule has 2 unspecified atom stereocenters. The summed E-state index contributed by atoms with van der Waals surface area (Å²) in [7, 11) is 0. The zero-order valence-corrected chi connectivity index (χ0v) is 14.0. The van der Waals surface area contributed by atoms with E-state index in [2.05, 4.69) is 34.7 Å². The Labute approximate surface area is 133 Å². The molecule has 2 atom stereocenters. The first-order valence-electron chi connectivity index (χ1n) is 7.46. The summed E-state index contributed by atoms with van der Waals surface area (Å²) in [5.74, 6) is 1.43. The van der Waals surface area contributed by atoms with Crippen molar-refractivity contribution in [2.24, 2.45) is 11.8 Å². The van der Waals surface area contributed by atoms with Crippen LogP contribution in [-0.4, -0.2) is 18.0 Å². The van der Waals surface area contributed by atoms with Crippen molar-refractivity contribution < 1.29 is 4.42 Å². The summed E-state index contributed by atoms with van der Waals surface area (Å²) < 4.78 is 6.24. The molecule has 2 heterocycles. The van der Waals surface area contributed by atoms with E-state index < -0.39 is 0 Å². The van der Waals surface area contributed by atoms with Crippen molar-refractivity contribution in [2.75, 3.05) is 13.1 Å². The highest BCUT2D eigenvalue weighted by atomic mass is 79.9. The van der Waals surface area contributed by atoms with Crippen molar-refractivity contribution in [3.8, 4) is 0 Å². The minimum absolute atomic E-state index is 0.270. The Balaban J connectivity index is 1.95. The van der Waals surface area contributed by atoms with Crippen molar-refractivity contribution in [3.63, 3.8) is 0 Å². The van der Waals surface area contributed by atoms with Crippen LogP contribution in [0, 0.1) is 11.8 Å². The van der Waals surface area contributed by atoms with Crippen LogP contribution in [0.3, 0.4) is 0 Å². The standard InChI is InChI=1S/C17H20BrNO2/c1-11-5-12(2)9-19(8-11)10-13-6-17(20)21-16-7-14(18)3-4-15(13)16/h3-4,6-7,11-12H,5,8-10H2,1-2H3. The maximum atomic E-state index is 11.8. The Morgan fingerprint density at radius 2 is 1.95 bits per heavy atom. The second kappa shape index (κ2) is 5.93. The van der Waals surface area contributed by atoms with E-state index in [0.29, 0.717) is 17.4 Å². The van der Waals surface area contributed by atoms with E-state index in [1.165, 1.54) is 6.42 Å². The van der Waals surface area contributed by atoms with E-state index in [0.717, 1.165) is 35.1 Å². The van der Waals surface area contributed by atoms with Gasteiger partial charge >= 0.3 is 5.63 Å². The Kier molecular flexibility index (Phi) is 4.18. The van der Waals surface area contributed by atoms with Gasteiger partial charge in [0.15, 0.2) is 0 Å². The molecule has 0 bridgehead atoms. The molecule has 3 nitrogen and oxygen atoms in total. The van der Waals surface area contributed by atoms with Gasteiger partial charge < -0.3 is 4.42 Å². The summed E-state index contributed by atoms with van der Waals surface area (Å²) in [6.45, 7) is 7.62. The lowest BCUT2D eigenvalue weighted by molar-refractivity contribution is 0.134. The molecule has 1 aliphatic rings. The summed E-state index contributed by atoms with van der Waals surface area (Å²) in [6.07, 6.45) is 1.29. The Bertz CT molecular complexity index is 699. The highest BCUT2D eigenvalue weighted by molar-refractivity contribution is 9.10. The third kappa shape index (κ3) is 3.38. The number of benzene rings is 1. The van der Waals surface area contributed by atoms with Crippen LogP contribution >= 0.6 is 15.9 Å². The Morgan fingerprint density at radius 1 is 1.24 bits per heavy atom. The average molecular weight is 350 g/mol. The fraction of sp³-hybridized carbons (Fsp3) is 0.471. The smallest absolute Gasteiger partial charge is 0.336 e. The van der Waals surface area contributed by atoms with Gasteiger partial charge in [-0.15, -0.1) is 0 Å². The predicted molar refractivity (Wildman–Crippen MR) is 88.4 cm³/mol. The number of piperidine rings is 1. The molecule has 1 aliphatic heterocycles. The van der Waals surface area contributed by atoms with Crippen LogP contribution in [0.25, 0.3) is 11.0 Å². The number of hydrogen-bond donors (Lipinski definition) is 0. The molecule has 0 amide bonds. The van der Waals surface area contributed by atoms with Crippen LogP contribution in [0.4, 0.5) is 0 Å². The summed E-state index contributed by atoms with van der Waals surface area (Å²) in [5, 5.41) is 1.03. The van der Waals surface area contributed by atoms with E-state index in [-0.39, 0.29) is 5.63 Å². The van der Waals surface area contributed by atoms with E-state index in [1.807, 2.05) is 18.2 Å². The molecule has 4 heteroatoms. The number of nitrogens with zero attached hydrogens (tertiary/aromatic N) is 1.